The summed E-state index contributed by atoms with van der Waals surface area (Å²) in [4.78, 5) is 21.1. The van der Waals surface area contributed by atoms with E-state index < -0.39 is 10.8 Å². The number of nitro benzene ring substituents is 1. The molecular formula is C17H16N2O5. The molecule has 0 aliphatic rings. The monoisotopic (exact) mass is 328 g/mol. The number of rotatable bonds is 7. The molecule has 0 aliphatic carbocycles. The van der Waals surface area contributed by atoms with E-state index in [0.717, 1.165) is 11.1 Å². The lowest BCUT2D eigenvalue weighted by molar-refractivity contribution is -0.384. The summed E-state index contributed by atoms with van der Waals surface area (Å²) in [5.74, 6) is 0.446. The normalized spacial score (nSPS) is 10.5. The molecule has 0 saturated heterocycles. The van der Waals surface area contributed by atoms with Gasteiger partial charge < -0.3 is 15.2 Å². The van der Waals surface area contributed by atoms with E-state index >= 15 is 0 Å². The molecule has 0 fully saturated rings. The van der Waals surface area contributed by atoms with Gasteiger partial charge in [-0.25, -0.2) is 0 Å². The highest BCUT2D eigenvalue weighted by atomic mass is 16.6. The number of hydrogen-bond acceptors (Lipinski definition) is 5. The Labute approximate surface area is 138 Å². The molecule has 7 heteroatoms. The number of nitrogens with zero attached hydrogens (tertiary/aromatic N) is 1. The van der Waals surface area contributed by atoms with Gasteiger partial charge in [0.25, 0.3) is 5.69 Å². The van der Waals surface area contributed by atoms with Gasteiger partial charge in [0.05, 0.1) is 18.1 Å². The van der Waals surface area contributed by atoms with Crippen molar-refractivity contribution in [1.82, 2.24) is 0 Å². The minimum absolute atomic E-state index is 0.0439. The molecule has 2 aromatic rings. The van der Waals surface area contributed by atoms with E-state index in [2.05, 4.69) is 0 Å². The van der Waals surface area contributed by atoms with Crippen LogP contribution in [-0.2, 0) is 11.4 Å². The van der Waals surface area contributed by atoms with Crippen LogP contribution in [0.4, 0.5) is 5.69 Å². The van der Waals surface area contributed by atoms with Gasteiger partial charge in [0.2, 0.25) is 5.91 Å². The second-order valence-corrected chi connectivity index (χ2v) is 4.85. The lowest BCUT2D eigenvalue weighted by atomic mass is 10.1. The second-order valence-electron chi connectivity index (χ2n) is 4.85. The first-order valence-electron chi connectivity index (χ1n) is 7.01. The number of hydrogen-bond donors (Lipinski definition) is 1. The molecule has 124 valence electrons. The molecule has 0 radical (unpaired) electrons. The van der Waals surface area contributed by atoms with Crippen molar-refractivity contribution in [3.05, 3.63) is 69.8 Å². The summed E-state index contributed by atoms with van der Waals surface area (Å²) in [5.41, 5.74) is 6.52. The zero-order valence-corrected chi connectivity index (χ0v) is 13.0. The number of nitro groups is 1. The third kappa shape index (κ3) is 4.57. The van der Waals surface area contributed by atoms with E-state index in [1.165, 1.54) is 25.3 Å². The number of primary amides is 1. The maximum atomic E-state index is 10.8. The molecule has 2 rings (SSSR count). The van der Waals surface area contributed by atoms with Crippen molar-refractivity contribution in [3.63, 3.8) is 0 Å². The van der Waals surface area contributed by atoms with Gasteiger partial charge in [-0.1, -0.05) is 12.1 Å². The van der Waals surface area contributed by atoms with Crippen LogP contribution in [0.25, 0.3) is 6.08 Å². The Morgan fingerprint density at radius 3 is 2.75 bits per heavy atom. The number of non-ortho nitro benzene ring substituents is 1. The summed E-state index contributed by atoms with van der Waals surface area (Å²) in [7, 11) is 1.53. The van der Waals surface area contributed by atoms with E-state index in [1.54, 1.807) is 36.4 Å². The Morgan fingerprint density at radius 1 is 1.29 bits per heavy atom. The second kappa shape index (κ2) is 7.77. The molecule has 24 heavy (non-hydrogen) atoms. The maximum Gasteiger partial charge on any atom is 0.273 e. The van der Waals surface area contributed by atoms with Crippen molar-refractivity contribution >= 4 is 17.7 Å². The van der Waals surface area contributed by atoms with Crippen molar-refractivity contribution in [2.45, 2.75) is 6.61 Å². The predicted octanol–water partition coefficient (Wildman–Crippen LogP) is 2.68. The standard InChI is InChI=1S/C17H16N2O5/c1-23-16-7-5-12(6-8-17(18)20)9-13(16)11-24-15-4-2-3-14(10-15)19(21)22/h2-10H,11H2,1H3,(H2,18,20)/b8-6-. The van der Waals surface area contributed by atoms with E-state index in [1.807, 2.05) is 0 Å². The van der Waals surface area contributed by atoms with Gasteiger partial charge in [0, 0.05) is 17.7 Å². The van der Waals surface area contributed by atoms with Crippen LogP contribution in [0.2, 0.25) is 0 Å². The molecule has 0 unspecified atom stereocenters. The summed E-state index contributed by atoms with van der Waals surface area (Å²) >= 11 is 0. The summed E-state index contributed by atoms with van der Waals surface area (Å²) in [5, 5.41) is 10.8. The van der Waals surface area contributed by atoms with Gasteiger partial charge in [-0.05, 0) is 29.8 Å². The van der Waals surface area contributed by atoms with Crippen molar-refractivity contribution in [2.75, 3.05) is 7.11 Å². The fourth-order valence-corrected chi connectivity index (χ4v) is 2.04. The SMILES string of the molecule is COc1ccc(/C=C\C(N)=O)cc1COc1cccc([N+](=O)[O-])c1. The first-order valence-corrected chi connectivity index (χ1v) is 7.01. The minimum atomic E-state index is -0.541. The molecule has 0 bridgehead atoms. The molecule has 0 aliphatic heterocycles. The summed E-state index contributed by atoms with van der Waals surface area (Å²) < 4.78 is 10.9. The van der Waals surface area contributed by atoms with Crippen LogP contribution < -0.4 is 15.2 Å². The number of ether oxygens (including phenoxy) is 2. The van der Waals surface area contributed by atoms with Crippen LogP contribution in [0.15, 0.2) is 48.5 Å². The minimum Gasteiger partial charge on any atom is -0.496 e. The lowest BCUT2D eigenvalue weighted by Crippen LogP contribution is -2.05. The van der Waals surface area contributed by atoms with Gasteiger partial charge in [-0.3, -0.25) is 14.9 Å². The molecular weight excluding hydrogens is 312 g/mol. The first kappa shape index (κ1) is 17.0. The summed E-state index contributed by atoms with van der Waals surface area (Å²) in [6.07, 6.45) is 2.84. The van der Waals surface area contributed by atoms with Crippen LogP contribution >= 0.6 is 0 Å². The highest BCUT2D eigenvalue weighted by molar-refractivity contribution is 5.90. The average Bonchev–Trinajstić information content (AvgIpc) is 2.58. The predicted molar refractivity (Wildman–Crippen MR) is 88.7 cm³/mol. The molecule has 7 nitrogen and oxygen atoms in total. The van der Waals surface area contributed by atoms with E-state index in [4.69, 9.17) is 15.2 Å². The van der Waals surface area contributed by atoms with Gasteiger partial charge in [0.15, 0.2) is 0 Å². The van der Waals surface area contributed by atoms with Crippen molar-refractivity contribution < 1.29 is 19.2 Å². The number of nitrogens with two attached hydrogens (primary N) is 1. The fourth-order valence-electron chi connectivity index (χ4n) is 2.04. The number of amides is 1. The zero-order chi connectivity index (χ0) is 17.5. The Bertz CT molecular complexity index is 786. The number of carbonyl (C=O) groups excluding carboxylic acids is 1. The molecule has 0 saturated carbocycles. The van der Waals surface area contributed by atoms with Crippen LogP contribution in [0.1, 0.15) is 11.1 Å². The Hall–Kier alpha value is -3.35. The van der Waals surface area contributed by atoms with E-state index in [-0.39, 0.29) is 12.3 Å². The van der Waals surface area contributed by atoms with E-state index in [0.29, 0.717) is 11.5 Å². The number of carbonyl (C=O) groups is 1. The Balaban J connectivity index is 2.18. The molecule has 2 aromatic carbocycles. The average molecular weight is 328 g/mol. The van der Waals surface area contributed by atoms with Crippen molar-refractivity contribution in [2.24, 2.45) is 5.73 Å². The lowest BCUT2D eigenvalue weighted by Gasteiger charge is -2.11. The smallest absolute Gasteiger partial charge is 0.273 e. The van der Waals surface area contributed by atoms with Crippen LogP contribution in [0.3, 0.4) is 0 Å². The highest BCUT2D eigenvalue weighted by Crippen LogP contribution is 2.24. The molecule has 0 spiro atoms. The van der Waals surface area contributed by atoms with Gasteiger partial charge in [-0.15, -0.1) is 0 Å². The third-order valence-corrected chi connectivity index (χ3v) is 3.17. The van der Waals surface area contributed by atoms with Gasteiger partial charge in [0.1, 0.15) is 18.1 Å². The number of methoxy groups -OCH3 is 1. The zero-order valence-electron chi connectivity index (χ0n) is 13.0. The van der Waals surface area contributed by atoms with Crippen molar-refractivity contribution in [1.29, 1.82) is 0 Å². The van der Waals surface area contributed by atoms with Gasteiger partial charge in [-0.2, -0.15) is 0 Å². The molecule has 2 N–H and O–H groups in total. The van der Waals surface area contributed by atoms with Crippen LogP contribution in [0.5, 0.6) is 11.5 Å². The van der Waals surface area contributed by atoms with Crippen LogP contribution in [-0.4, -0.2) is 17.9 Å². The molecule has 0 aromatic heterocycles. The largest absolute Gasteiger partial charge is 0.496 e. The first-order chi connectivity index (χ1) is 11.5. The third-order valence-electron chi connectivity index (χ3n) is 3.17. The molecule has 0 heterocycles. The number of benzene rings is 2. The quantitative estimate of drug-likeness (QED) is 0.478. The van der Waals surface area contributed by atoms with E-state index in [9.17, 15) is 14.9 Å². The van der Waals surface area contributed by atoms with Crippen molar-refractivity contribution in [3.8, 4) is 11.5 Å². The summed E-state index contributed by atoms with van der Waals surface area (Å²) in [6.45, 7) is 0.155. The molecule has 0 atom stereocenters. The Morgan fingerprint density at radius 2 is 2.08 bits per heavy atom. The maximum absolute atomic E-state index is 10.8. The van der Waals surface area contributed by atoms with Crippen LogP contribution in [0, 0.1) is 10.1 Å². The van der Waals surface area contributed by atoms with Gasteiger partial charge >= 0.3 is 0 Å². The topological polar surface area (TPSA) is 105 Å². The summed E-state index contributed by atoms with van der Waals surface area (Å²) in [6, 6.07) is 11.2. The Kier molecular flexibility index (Phi) is 5.51. The molecule has 1 amide bonds. The highest BCUT2D eigenvalue weighted by Gasteiger charge is 2.08. The fraction of sp³-hybridized carbons (Fsp3) is 0.118.